The van der Waals surface area contributed by atoms with Gasteiger partial charge in [-0.15, -0.1) is 0 Å². The number of hydrogen-bond donors (Lipinski definition) is 1. The van der Waals surface area contributed by atoms with Crippen molar-refractivity contribution in [2.24, 2.45) is 9.98 Å². The summed E-state index contributed by atoms with van der Waals surface area (Å²) in [4.78, 5) is 12.0. The molecule has 27 heavy (non-hydrogen) atoms. The van der Waals surface area contributed by atoms with E-state index in [-0.39, 0.29) is 0 Å². The van der Waals surface area contributed by atoms with E-state index in [0.717, 1.165) is 30.2 Å². The van der Waals surface area contributed by atoms with Crippen molar-refractivity contribution < 1.29 is 0 Å². The van der Waals surface area contributed by atoms with Crippen molar-refractivity contribution in [3.05, 3.63) is 53.4 Å². The van der Waals surface area contributed by atoms with Crippen LogP contribution >= 0.6 is 0 Å². The van der Waals surface area contributed by atoms with E-state index in [1.165, 1.54) is 43.5 Å². The average molecular weight is 366 g/mol. The Bertz CT molecular complexity index is 754. The predicted octanol–water partition coefficient (Wildman–Crippen LogP) is 4.42. The maximum Gasteiger partial charge on any atom is 0.180 e. The number of aryl methyl sites for hydroxylation is 1. The smallest absolute Gasteiger partial charge is 0.180 e. The fraction of sp³-hybridized carbons (Fsp3) is 0.455. The third kappa shape index (κ3) is 5.07. The molecule has 0 saturated carbocycles. The number of amidine groups is 1. The minimum absolute atomic E-state index is 0.759. The number of benzene rings is 1. The molecule has 1 N–H and O–H groups in total. The van der Waals surface area contributed by atoms with Crippen molar-refractivity contribution in [3.8, 4) is 0 Å². The molecule has 1 fully saturated rings. The molecule has 0 bridgehead atoms. The van der Waals surface area contributed by atoms with Crippen LogP contribution in [0, 0.1) is 0 Å². The predicted molar refractivity (Wildman–Crippen MR) is 114 cm³/mol. The van der Waals surface area contributed by atoms with Crippen LogP contribution in [-0.4, -0.2) is 41.7 Å². The third-order valence-electron chi connectivity index (χ3n) is 5.00. The highest BCUT2D eigenvalue weighted by molar-refractivity contribution is 6.05. The molecule has 0 spiro atoms. The van der Waals surface area contributed by atoms with Crippen LogP contribution in [0.5, 0.6) is 0 Å². The molecule has 144 valence electrons. The Hall–Kier alpha value is -2.40. The number of piperidine rings is 1. The number of rotatable bonds is 5. The van der Waals surface area contributed by atoms with E-state index in [1.807, 2.05) is 30.3 Å². The second kappa shape index (κ2) is 9.51. The van der Waals surface area contributed by atoms with E-state index in [9.17, 15) is 0 Å². The van der Waals surface area contributed by atoms with Crippen LogP contribution < -0.4 is 5.43 Å². The molecule has 0 radical (unpaired) electrons. The van der Waals surface area contributed by atoms with Gasteiger partial charge < -0.3 is 0 Å². The quantitative estimate of drug-likeness (QED) is 0.840. The number of likely N-dealkylation sites (tertiary alicyclic amines) is 1. The molecule has 1 aromatic carbocycles. The van der Waals surface area contributed by atoms with Gasteiger partial charge >= 0.3 is 0 Å². The van der Waals surface area contributed by atoms with Crippen LogP contribution in [0.1, 0.15) is 45.6 Å². The first-order chi connectivity index (χ1) is 13.2. The summed E-state index contributed by atoms with van der Waals surface area (Å²) in [5.41, 5.74) is 7.79. The van der Waals surface area contributed by atoms with Crippen LogP contribution in [0.4, 0.5) is 5.69 Å². The van der Waals surface area contributed by atoms with E-state index >= 15 is 0 Å². The molecule has 2 aliphatic rings. The number of hydrazine groups is 1. The Labute approximate surface area is 163 Å². The molecule has 0 atom stereocenters. The maximum absolute atomic E-state index is 4.88. The summed E-state index contributed by atoms with van der Waals surface area (Å²) < 4.78 is 0. The van der Waals surface area contributed by atoms with E-state index in [4.69, 9.17) is 4.99 Å². The molecular formula is C22H31N5. The van der Waals surface area contributed by atoms with Gasteiger partial charge in [0.15, 0.2) is 5.84 Å². The lowest BCUT2D eigenvalue weighted by Crippen LogP contribution is -2.41. The number of nitrogens with zero attached hydrogens (tertiary/aromatic N) is 4. The summed E-state index contributed by atoms with van der Waals surface area (Å²) in [6.07, 6.45) is 10.7. The fourth-order valence-corrected chi connectivity index (χ4v) is 3.63. The summed E-state index contributed by atoms with van der Waals surface area (Å²) >= 11 is 0. The van der Waals surface area contributed by atoms with Crippen molar-refractivity contribution in [2.45, 2.75) is 46.5 Å². The van der Waals surface area contributed by atoms with Crippen LogP contribution in [0.2, 0.25) is 0 Å². The second-order valence-corrected chi connectivity index (χ2v) is 7.16. The molecule has 1 saturated heterocycles. The van der Waals surface area contributed by atoms with Gasteiger partial charge in [-0.25, -0.2) is 9.98 Å². The van der Waals surface area contributed by atoms with Gasteiger partial charge in [-0.05, 0) is 69.5 Å². The summed E-state index contributed by atoms with van der Waals surface area (Å²) in [5, 5.41) is 2.02. The highest BCUT2D eigenvalue weighted by Gasteiger charge is 2.21. The van der Waals surface area contributed by atoms with Gasteiger partial charge in [-0.3, -0.25) is 15.3 Å². The summed E-state index contributed by atoms with van der Waals surface area (Å²) in [7, 11) is 0. The monoisotopic (exact) mass is 365 g/mol. The van der Waals surface area contributed by atoms with Gasteiger partial charge in [0, 0.05) is 12.7 Å². The summed E-state index contributed by atoms with van der Waals surface area (Å²) in [6.45, 7) is 9.69. The Morgan fingerprint density at radius 2 is 2.07 bits per heavy atom. The SMILES string of the molecule is C/C=C\N1NC=NC(=Nc2cccc(CC)c2)/C1=C(/C)CN1CCCCC1. The zero-order valence-electron chi connectivity index (χ0n) is 16.8. The molecule has 0 aromatic heterocycles. The van der Waals surface area contributed by atoms with Crippen molar-refractivity contribution in [2.75, 3.05) is 19.6 Å². The van der Waals surface area contributed by atoms with E-state index in [2.05, 4.69) is 47.4 Å². The summed E-state index contributed by atoms with van der Waals surface area (Å²) in [5.74, 6) is 0.759. The molecule has 0 aliphatic carbocycles. The molecule has 3 rings (SSSR count). The lowest BCUT2D eigenvalue weighted by molar-refractivity contribution is 0.244. The van der Waals surface area contributed by atoms with Gasteiger partial charge in [0.1, 0.15) is 12.0 Å². The van der Waals surface area contributed by atoms with Crippen LogP contribution in [-0.2, 0) is 6.42 Å². The zero-order valence-corrected chi connectivity index (χ0v) is 16.8. The minimum Gasteiger partial charge on any atom is -0.299 e. The number of nitrogens with one attached hydrogen (secondary N) is 1. The van der Waals surface area contributed by atoms with Crippen LogP contribution in [0.15, 0.2) is 57.8 Å². The third-order valence-corrected chi connectivity index (χ3v) is 5.00. The number of allylic oxidation sites excluding steroid dienone is 1. The zero-order chi connectivity index (χ0) is 19.1. The largest absolute Gasteiger partial charge is 0.299 e. The van der Waals surface area contributed by atoms with Crippen molar-refractivity contribution in [3.63, 3.8) is 0 Å². The maximum atomic E-state index is 4.88. The van der Waals surface area contributed by atoms with E-state index < -0.39 is 0 Å². The standard InChI is InChI=1S/C22H31N5/c1-4-12-27-21(18(3)16-26-13-7-6-8-14-26)22(23-17-24-27)25-20-11-9-10-19(5-2)15-20/h4,9-12,15,17H,5-8,13-14,16H2,1-3H3,(H,23,24,25)/b12-4-,21-18+. The summed E-state index contributed by atoms with van der Waals surface area (Å²) in [6, 6.07) is 8.39. The number of hydrogen-bond acceptors (Lipinski definition) is 4. The molecule has 0 amide bonds. The van der Waals surface area contributed by atoms with Gasteiger partial charge in [0.25, 0.3) is 0 Å². The van der Waals surface area contributed by atoms with Crippen molar-refractivity contribution in [1.29, 1.82) is 0 Å². The molecular weight excluding hydrogens is 334 g/mol. The second-order valence-electron chi connectivity index (χ2n) is 7.16. The Kier molecular flexibility index (Phi) is 6.82. The molecule has 2 heterocycles. The molecule has 2 aliphatic heterocycles. The van der Waals surface area contributed by atoms with Gasteiger partial charge in [-0.2, -0.15) is 0 Å². The number of aliphatic imine (C=N–C) groups is 2. The Balaban J connectivity index is 1.95. The minimum atomic E-state index is 0.759. The van der Waals surface area contributed by atoms with E-state index in [1.54, 1.807) is 6.34 Å². The van der Waals surface area contributed by atoms with Gasteiger partial charge in [-0.1, -0.05) is 31.6 Å². The lowest BCUT2D eigenvalue weighted by atomic mass is 10.1. The van der Waals surface area contributed by atoms with Crippen LogP contribution in [0.3, 0.4) is 0 Å². The Morgan fingerprint density at radius 3 is 2.81 bits per heavy atom. The molecule has 5 nitrogen and oxygen atoms in total. The normalized spacial score (nSPS) is 21.7. The first-order valence-electron chi connectivity index (χ1n) is 10.0. The lowest BCUT2D eigenvalue weighted by Gasteiger charge is -2.31. The Morgan fingerprint density at radius 1 is 1.26 bits per heavy atom. The van der Waals surface area contributed by atoms with Gasteiger partial charge in [0.2, 0.25) is 0 Å². The van der Waals surface area contributed by atoms with Crippen LogP contribution in [0.25, 0.3) is 0 Å². The average Bonchev–Trinajstić information content (AvgIpc) is 2.69. The fourth-order valence-electron chi connectivity index (χ4n) is 3.63. The van der Waals surface area contributed by atoms with Crippen molar-refractivity contribution >= 4 is 17.9 Å². The highest BCUT2D eigenvalue weighted by Crippen LogP contribution is 2.22. The van der Waals surface area contributed by atoms with Gasteiger partial charge in [0.05, 0.1) is 5.69 Å². The van der Waals surface area contributed by atoms with Crippen molar-refractivity contribution in [1.82, 2.24) is 15.3 Å². The molecule has 5 heteroatoms. The first kappa shape index (κ1) is 19.4. The highest BCUT2D eigenvalue weighted by atomic mass is 15.5. The van der Waals surface area contributed by atoms with E-state index in [0.29, 0.717) is 0 Å². The molecule has 1 aromatic rings. The topological polar surface area (TPSA) is 43.2 Å². The molecule has 0 unspecified atom stereocenters. The first-order valence-corrected chi connectivity index (χ1v) is 10.0.